The van der Waals surface area contributed by atoms with Crippen molar-refractivity contribution in [2.24, 2.45) is 0 Å². The summed E-state index contributed by atoms with van der Waals surface area (Å²) in [6.45, 7) is 0. The Hall–Kier alpha value is -18.0. The zero-order valence-corrected chi connectivity index (χ0v) is 71.4. The Bertz CT molecular complexity index is 8900. The van der Waals surface area contributed by atoms with Crippen LogP contribution in [0.5, 0.6) is 0 Å². The van der Waals surface area contributed by atoms with E-state index in [0.29, 0.717) is 17.6 Å². The number of aromatic nitrogens is 12. The lowest BCUT2D eigenvalue weighted by Gasteiger charge is -2.11. The van der Waals surface area contributed by atoms with E-state index < -0.39 is 0 Å². The van der Waals surface area contributed by atoms with E-state index in [-0.39, 0.29) is 0 Å². The first-order chi connectivity index (χ1) is 65.5. The van der Waals surface area contributed by atoms with Gasteiger partial charge < -0.3 is 22.8 Å². The van der Waals surface area contributed by atoms with Gasteiger partial charge in [0.15, 0.2) is 11.6 Å². The molecule has 0 unspecified atom stereocenters. The van der Waals surface area contributed by atoms with Crippen molar-refractivity contribution in [1.82, 2.24) is 57.3 Å². The van der Waals surface area contributed by atoms with Gasteiger partial charge in [0.2, 0.25) is 5.95 Å². The fraction of sp³-hybridized carbons (Fsp3) is 0. The fourth-order valence-electron chi connectivity index (χ4n) is 19.8. The lowest BCUT2D eigenvalue weighted by Crippen LogP contribution is -2.06. The molecule has 27 aromatic rings. The molecule has 0 bridgehead atoms. The highest BCUT2D eigenvalue weighted by atomic mass is 15.2. The molecule has 0 amide bonds. The van der Waals surface area contributed by atoms with Crippen LogP contribution in [0.25, 0.3) is 233 Å². The van der Waals surface area contributed by atoms with Gasteiger partial charge in [-0.15, -0.1) is 0 Å². The van der Waals surface area contributed by atoms with Crippen LogP contribution >= 0.6 is 0 Å². The highest BCUT2D eigenvalue weighted by Gasteiger charge is 2.24. The summed E-state index contributed by atoms with van der Waals surface area (Å²) in [6.07, 6.45) is 7.61. The minimum absolute atomic E-state index is 0.583. The molecule has 0 saturated heterocycles. The molecule has 0 saturated carbocycles. The smallest absolute Gasteiger partial charge is 0.238 e. The molecule has 0 spiro atoms. The van der Waals surface area contributed by atoms with Crippen LogP contribution in [0.15, 0.2) is 474 Å². The predicted octanol–water partition coefficient (Wildman–Crippen LogP) is 30.0. The Kier molecular flexibility index (Phi) is 18.6. The third-order valence-electron chi connectivity index (χ3n) is 25.8. The van der Waals surface area contributed by atoms with Crippen LogP contribution in [0.3, 0.4) is 0 Å². The maximum Gasteiger partial charge on any atom is 0.238 e. The molecule has 0 N–H and O–H groups in total. The average Bonchev–Trinajstić information content (AvgIpc) is 1.59. The molecule has 0 aliphatic carbocycles. The Labute approximate surface area is 758 Å². The van der Waals surface area contributed by atoms with Crippen LogP contribution in [-0.4, -0.2) is 57.3 Å². The largest absolute Gasteiger partial charge is 0.309 e. The Morgan fingerprint density at radius 2 is 0.409 bits per heavy atom. The van der Waals surface area contributed by atoms with Crippen LogP contribution in [0, 0.1) is 0 Å². The number of hydrogen-bond donors (Lipinski definition) is 0. The fourth-order valence-corrected chi connectivity index (χ4v) is 19.8. The number of hydrogen-bond acceptors (Lipinski definition) is 6. The minimum Gasteiger partial charge on any atom is -0.309 e. The second-order valence-electron chi connectivity index (χ2n) is 33.4. The third-order valence-corrected chi connectivity index (χ3v) is 25.8. The quantitative estimate of drug-likeness (QED) is 0.121. The second kappa shape index (κ2) is 32.1. The molecule has 27 rings (SSSR count). The number of para-hydroxylation sites is 7. The zero-order chi connectivity index (χ0) is 87.1. The van der Waals surface area contributed by atoms with Gasteiger partial charge in [-0.25, -0.2) is 4.98 Å². The molecular formula is C120H78N12. The maximum absolute atomic E-state index is 5.08. The number of fused-ring (bicyclic) bond motifs is 18. The van der Waals surface area contributed by atoms with E-state index in [9.17, 15) is 0 Å². The van der Waals surface area contributed by atoms with Crippen molar-refractivity contribution in [2.75, 3.05) is 0 Å². The molecule has 10 aromatic heterocycles. The van der Waals surface area contributed by atoms with Gasteiger partial charge in [-0.05, 0) is 226 Å². The van der Waals surface area contributed by atoms with Gasteiger partial charge in [0.1, 0.15) is 0 Å². The van der Waals surface area contributed by atoms with Crippen LogP contribution < -0.4 is 0 Å². The summed E-state index contributed by atoms with van der Waals surface area (Å²) in [4.78, 5) is 29.2. The standard InChI is InChI=1S/C44H28N6.C41H27N3.C35H23N3/c1-4-12-29(13-5-1)42-46-43(30-14-6-2-7-15-30)48-44(47-42)50-38-19-11-10-18-34(38)35-26-31(21-23-40(35)50)32-20-22-39-36(27-32)37-28-45-25-24-41(37)49(39)33-16-8-3-9-17-33;1-3-10-28(11-4-1)29-17-21-33(22-18-29)44-39-24-20-31(27-36(39)41-40(44)16-9-25-42-41)30-19-23-38-35(26-30)34-14-7-8-15-37(34)43(38)32-12-5-2-6-13-32;1-3-10-26(11-4-1)37-31-15-8-7-14-28(31)29-22-24(17-19-32(29)37)25-18-20-33-30(23-25)35-34(16-9-21-36-35)38(33)27-12-5-2-6-13-27/h1-28H;1-27H;1-23H. The van der Waals surface area contributed by atoms with Crippen LogP contribution in [-0.2, 0) is 0 Å². The first kappa shape index (κ1) is 76.4. The SMILES string of the molecule is c1ccc(-c2ccc(-n3c4ccc(-c5ccc6c(c5)c5ccccc5n6-c5ccccc5)cc4c4ncccc43)cc2)cc1.c1ccc(-c2nc(-c3ccccc3)nc(-n3c4ccccc4c4cc(-c5ccc6c(c5)c5cnccc5n6-c5ccccc5)ccc43)n2)cc1.c1ccc(-n2c3ccccc3c3cc(-c4ccc5c(c4)c4ncccc4n5-c4ccccc4)ccc32)cc1. The number of nitrogens with zero attached hydrogens (tertiary/aromatic N) is 12. The zero-order valence-electron chi connectivity index (χ0n) is 71.4. The first-order valence-electron chi connectivity index (χ1n) is 44.5. The second-order valence-corrected chi connectivity index (χ2v) is 33.4. The Morgan fingerprint density at radius 3 is 0.788 bits per heavy atom. The number of rotatable bonds is 12. The van der Waals surface area contributed by atoms with Crippen molar-refractivity contribution in [3.63, 3.8) is 0 Å². The van der Waals surface area contributed by atoms with E-state index in [1.165, 1.54) is 93.8 Å². The Balaban J connectivity index is 0.000000107. The molecule has 17 aromatic carbocycles. The van der Waals surface area contributed by atoms with Gasteiger partial charge in [0.25, 0.3) is 0 Å². The summed E-state index contributed by atoms with van der Waals surface area (Å²) >= 11 is 0. The van der Waals surface area contributed by atoms with Crippen LogP contribution in [0.1, 0.15) is 0 Å². The summed E-state index contributed by atoms with van der Waals surface area (Å²) < 4.78 is 13.8. The van der Waals surface area contributed by atoms with E-state index in [2.05, 4.69) is 409 Å². The highest BCUT2D eigenvalue weighted by molar-refractivity contribution is 6.16. The van der Waals surface area contributed by atoms with Gasteiger partial charge in [0.05, 0.1) is 77.2 Å². The molecule has 12 nitrogen and oxygen atoms in total. The van der Waals surface area contributed by atoms with Crippen molar-refractivity contribution < 1.29 is 0 Å². The molecule has 0 fully saturated rings. The number of benzene rings is 17. The normalized spacial score (nSPS) is 11.6. The van der Waals surface area contributed by atoms with Crippen LogP contribution in [0.2, 0.25) is 0 Å². The summed E-state index contributed by atoms with van der Waals surface area (Å²) in [6, 6.07) is 159. The summed E-state index contributed by atoms with van der Waals surface area (Å²) in [5.74, 6) is 1.85. The van der Waals surface area contributed by atoms with E-state index in [1.54, 1.807) is 0 Å². The average molecular weight is 1690 g/mol. The van der Waals surface area contributed by atoms with Gasteiger partial charge in [-0.2, -0.15) is 9.97 Å². The lowest BCUT2D eigenvalue weighted by molar-refractivity contribution is 0.953. The van der Waals surface area contributed by atoms with Gasteiger partial charge >= 0.3 is 0 Å². The van der Waals surface area contributed by atoms with Crippen molar-refractivity contribution in [2.45, 2.75) is 0 Å². The first-order valence-corrected chi connectivity index (χ1v) is 44.5. The van der Waals surface area contributed by atoms with E-state index >= 15 is 0 Å². The van der Waals surface area contributed by atoms with Gasteiger partial charge in [-0.3, -0.25) is 19.5 Å². The third kappa shape index (κ3) is 13.1. The summed E-state index contributed by atoms with van der Waals surface area (Å²) in [5, 5.41) is 11.9. The summed E-state index contributed by atoms with van der Waals surface area (Å²) in [7, 11) is 0. The van der Waals surface area contributed by atoms with E-state index in [1.807, 2.05) is 97.6 Å². The highest BCUT2D eigenvalue weighted by Crippen LogP contribution is 2.44. The molecule has 618 valence electrons. The van der Waals surface area contributed by atoms with Crippen molar-refractivity contribution in [3.05, 3.63) is 474 Å². The molecular weight excluding hydrogens is 1610 g/mol. The monoisotopic (exact) mass is 1690 g/mol. The molecule has 0 atom stereocenters. The van der Waals surface area contributed by atoms with Crippen molar-refractivity contribution in [3.8, 4) is 102 Å². The van der Waals surface area contributed by atoms with Gasteiger partial charge in [-0.1, -0.05) is 267 Å². The van der Waals surface area contributed by atoms with Gasteiger partial charge in [0, 0.05) is 118 Å². The van der Waals surface area contributed by atoms with Crippen LogP contribution in [0.4, 0.5) is 0 Å². The molecule has 0 radical (unpaired) electrons. The topological polar surface area (TPSA) is 107 Å². The maximum atomic E-state index is 5.08. The molecule has 10 heterocycles. The molecule has 0 aliphatic rings. The minimum atomic E-state index is 0.583. The molecule has 12 heteroatoms. The predicted molar refractivity (Wildman–Crippen MR) is 545 cm³/mol. The van der Waals surface area contributed by atoms with Crippen molar-refractivity contribution in [1.29, 1.82) is 0 Å². The Morgan fingerprint density at radius 1 is 0.152 bits per heavy atom. The molecule has 0 aliphatic heterocycles. The van der Waals surface area contributed by atoms with Crippen molar-refractivity contribution >= 4 is 131 Å². The number of pyridine rings is 3. The van der Waals surface area contributed by atoms with E-state index in [4.69, 9.17) is 24.9 Å². The lowest BCUT2D eigenvalue weighted by atomic mass is 10.0. The van der Waals surface area contributed by atoms with E-state index in [0.717, 1.165) is 121 Å². The summed E-state index contributed by atoms with van der Waals surface area (Å²) in [5.41, 5.74) is 32.9. The molecule has 132 heavy (non-hydrogen) atoms.